The van der Waals surface area contributed by atoms with Gasteiger partial charge in [-0.25, -0.2) is 14.3 Å². The summed E-state index contributed by atoms with van der Waals surface area (Å²) in [7, 11) is 0. The van der Waals surface area contributed by atoms with Crippen LogP contribution in [0.25, 0.3) is 16.9 Å². The molecule has 0 bridgehead atoms. The van der Waals surface area contributed by atoms with Gasteiger partial charge in [-0.2, -0.15) is 5.10 Å². The van der Waals surface area contributed by atoms with Gasteiger partial charge in [0.15, 0.2) is 0 Å². The molecule has 39 heavy (non-hydrogen) atoms. The van der Waals surface area contributed by atoms with Crippen molar-refractivity contribution >= 4 is 11.9 Å². The Kier molecular flexibility index (Phi) is 8.54. The summed E-state index contributed by atoms with van der Waals surface area (Å²) in [5.74, 6) is -0.995. The largest absolute Gasteiger partial charge is 0.494 e. The molecule has 8 heteroatoms. The van der Waals surface area contributed by atoms with Crippen molar-refractivity contribution in [3.8, 4) is 22.7 Å². The van der Waals surface area contributed by atoms with Gasteiger partial charge >= 0.3 is 11.9 Å². The fourth-order valence-corrected chi connectivity index (χ4v) is 4.94. The van der Waals surface area contributed by atoms with Crippen LogP contribution in [0.2, 0.25) is 0 Å². The van der Waals surface area contributed by atoms with Crippen LogP contribution in [0.4, 0.5) is 0 Å². The summed E-state index contributed by atoms with van der Waals surface area (Å²) in [6.45, 7) is 12.0. The molecule has 2 heterocycles. The van der Waals surface area contributed by atoms with Gasteiger partial charge in [0.25, 0.3) is 0 Å². The Morgan fingerprint density at radius 1 is 0.872 bits per heavy atom. The molecule has 1 aromatic heterocycles. The summed E-state index contributed by atoms with van der Waals surface area (Å²) < 4.78 is 18.4. The number of hydrogen-bond donors (Lipinski definition) is 1. The number of aromatic nitrogens is 2. The maximum atomic E-state index is 13.4. The van der Waals surface area contributed by atoms with E-state index in [1.54, 1.807) is 18.5 Å². The summed E-state index contributed by atoms with van der Waals surface area (Å²) in [5.41, 5.74) is 5.93. The zero-order chi connectivity index (χ0) is 28.1. The Morgan fingerprint density at radius 2 is 1.49 bits per heavy atom. The van der Waals surface area contributed by atoms with Crippen LogP contribution in [0.15, 0.2) is 77.3 Å². The molecule has 0 fully saturated rings. The van der Waals surface area contributed by atoms with Gasteiger partial charge in [-0.15, -0.1) is 0 Å². The molecule has 8 nitrogen and oxygen atoms in total. The highest BCUT2D eigenvalue weighted by atomic mass is 16.5. The van der Waals surface area contributed by atoms with Crippen LogP contribution < -0.4 is 10.1 Å². The third kappa shape index (κ3) is 5.60. The van der Waals surface area contributed by atoms with Crippen LogP contribution in [-0.2, 0) is 19.1 Å². The van der Waals surface area contributed by atoms with E-state index in [2.05, 4.69) is 5.32 Å². The van der Waals surface area contributed by atoms with Gasteiger partial charge in [-0.05, 0) is 77.4 Å². The molecule has 2 aromatic carbocycles. The fraction of sp³-hybridized carbons (Fsp3) is 0.323. The van der Waals surface area contributed by atoms with Crippen LogP contribution >= 0.6 is 0 Å². The van der Waals surface area contributed by atoms with Gasteiger partial charge in [-0.3, -0.25) is 0 Å². The normalized spacial score (nSPS) is 13.8. The second-order valence-corrected chi connectivity index (χ2v) is 9.20. The van der Waals surface area contributed by atoms with Crippen LogP contribution in [0.3, 0.4) is 0 Å². The van der Waals surface area contributed by atoms with Crippen molar-refractivity contribution in [3.63, 3.8) is 0 Å². The van der Waals surface area contributed by atoms with Gasteiger partial charge in [0, 0.05) is 28.7 Å². The Hall–Kier alpha value is -4.33. The van der Waals surface area contributed by atoms with E-state index >= 15 is 0 Å². The average Bonchev–Trinajstić information content (AvgIpc) is 3.34. The lowest BCUT2D eigenvalue weighted by Gasteiger charge is -2.30. The quantitative estimate of drug-likeness (QED) is 0.360. The van der Waals surface area contributed by atoms with Crippen molar-refractivity contribution in [1.82, 2.24) is 15.1 Å². The molecule has 0 spiro atoms. The Balaban J connectivity index is 2.02. The van der Waals surface area contributed by atoms with Crippen LogP contribution in [0.5, 0.6) is 5.75 Å². The summed E-state index contributed by atoms with van der Waals surface area (Å²) in [6.07, 6.45) is 1.88. The van der Waals surface area contributed by atoms with Crippen molar-refractivity contribution < 1.29 is 23.8 Å². The topological polar surface area (TPSA) is 91.7 Å². The van der Waals surface area contributed by atoms with E-state index in [-0.39, 0.29) is 13.2 Å². The molecular formula is C31H35N3O5. The number of carbonyl (C=O) groups is 2. The average molecular weight is 530 g/mol. The number of nitrogens with zero attached hydrogens (tertiary/aromatic N) is 2. The van der Waals surface area contributed by atoms with Crippen molar-refractivity contribution in [2.75, 3.05) is 19.8 Å². The zero-order valence-corrected chi connectivity index (χ0v) is 23.3. The fourth-order valence-electron chi connectivity index (χ4n) is 4.94. The maximum Gasteiger partial charge on any atom is 0.336 e. The second-order valence-electron chi connectivity index (χ2n) is 9.20. The van der Waals surface area contributed by atoms with E-state index in [1.165, 1.54) is 0 Å². The number of aryl methyl sites for hydroxylation is 1. The number of carbonyl (C=O) groups excluding carboxylic acids is 2. The maximum absolute atomic E-state index is 13.4. The lowest BCUT2D eigenvalue weighted by Crippen LogP contribution is -2.32. The predicted octanol–water partition coefficient (Wildman–Crippen LogP) is 5.61. The first-order valence-electron chi connectivity index (χ1n) is 13.2. The zero-order valence-electron chi connectivity index (χ0n) is 23.3. The standard InChI is InChI=1S/C31H35N3O5/c1-7-37-23-15-16-24(19(4)17-23)29-25(18-34(33-29)22-13-11-10-12-14-22)28-26(30(35)38-8-2)20(5)32-21(6)27(28)31(36)39-9-3/h10-18,28,32H,7-9H2,1-6H3. The third-order valence-electron chi connectivity index (χ3n) is 6.59. The first-order chi connectivity index (χ1) is 18.8. The SMILES string of the molecule is CCOC(=O)C1=C(C)NC(C)=C(C(=O)OCC)C1c1cn(-c2ccccc2)nc1-c1ccc(OCC)cc1C. The van der Waals surface area contributed by atoms with Gasteiger partial charge < -0.3 is 19.5 Å². The highest BCUT2D eigenvalue weighted by Gasteiger charge is 2.40. The smallest absolute Gasteiger partial charge is 0.336 e. The van der Waals surface area contributed by atoms with Crippen molar-refractivity contribution in [2.24, 2.45) is 0 Å². The number of rotatable bonds is 9. The molecule has 1 aliphatic rings. The summed E-state index contributed by atoms with van der Waals surface area (Å²) in [4.78, 5) is 26.8. The molecular weight excluding hydrogens is 494 g/mol. The number of dihydropyridines is 1. The van der Waals surface area contributed by atoms with Gasteiger partial charge in [-0.1, -0.05) is 18.2 Å². The van der Waals surface area contributed by atoms with Gasteiger partial charge in [0.05, 0.1) is 48.3 Å². The molecule has 204 valence electrons. The number of para-hydroxylation sites is 1. The summed E-state index contributed by atoms with van der Waals surface area (Å²) in [6, 6.07) is 15.5. The Labute approximate surface area is 229 Å². The van der Waals surface area contributed by atoms with E-state index in [1.807, 2.05) is 82.4 Å². The van der Waals surface area contributed by atoms with Crippen LogP contribution in [-0.4, -0.2) is 41.5 Å². The summed E-state index contributed by atoms with van der Waals surface area (Å²) in [5, 5.41) is 8.20. The van der Waals surface area contributed by atoms with E-state index in [9.17, 15) is 9.59 Å². The second kappa shape index (κ2) is 12.0. The Bertz CT molecular complexity index is 1400. The lowest BCUT2D eigenvalue weighted by molar-refractivity contribution is -0.139. The third-order valence-corrected chi connectivity index (χ3v) is 6.59. The highest BCUT2D eigenvalue weighted by molar-refractivity contribution is 6.00. The minimum Gasteiger partial charge on any atom is -0.494 e. The molecule has 0 radical (unpaired) electrons. The molecule has 1 N–H and O–H groups in total. The number of esters is 2. The minimum absolute atomic E-state index is 0.202. The lowest BCUT2D eigenvalue weighted by atomic mass is 9.79. The van der Waals surface area contributed by atoms with E-state index < -0.39 is 17.9 Å². The van der Waals surface area contributed by atoms with Crippen molar-refractivity contribution in [2.45, 2.75) is 47.5 Å². The van der Waals surface area contributed by atoms with Crippen molar-refractivity contribution in [3.05, 3.63) is 88.4 Å². The monoisotopic (exact) mass is 529 g/mol. The van der Waals surface area contributed by atoms with E-state index in [4.69, 9.17) is 19.3 Å². The molecule has 0 amide bonds. The number of allylic oxidation sites excluding steroid dienone is 2. The Morgan fingerprint density at radius 3 is 2.03 bits per heavy atom. The first-order valence-corrected chi connectivity index (χ1v) is 13.2. The molecule has 3 aromatic rings. The minimum atomic E-state index is -0.761. The molecule has 1 aliphatic heterocycles. The summed E-state index contributed by atoms with van der Waals surface area (Å²) >= 11 is 0. The van der Waals surface area contributed by atoms with Crippen LogP contribution in [0, 0.1) is 6.92 Å². The number of nitrogens with one attached hydrogen (secondary N) is 1. The van der Waals surface area contributed by atoms with Crippen LogP contribution in [0.1, 0.15) is 51.7 Å². The number of hydrogen-bond acceptors (Lipinski definition) is 7. The predicted molar refractivity (Wildman–Crippen MR) is 149 cm³/mol. The highest BCUT2D eigenvalue weighted by Crippen LogP contribution is 2.44. The molecule has 0 atom stereocenters. The molecule has 4 rings (SSSR count). The molecule has 0 unspecified atom stereocenters. The first kappa shape index (κ1) is 27.7. The van der Waals surface area contributed by atoms with Gasteiger partial charge in [0.1, 0.15) is 5.75 Å². The van der Waals surface area contributed by atoms with E-state index in [0.29, 0.717) is 40.4 Å². The van der Waals surface area contributed by atoms with Crippen molar-refractivity contribution in [1.29, 1.82) is 0 Å². The van der Waals surface area contributed by atoms with E-state index in [0.717, 1.165) is 22.6 Å². The molecule has 0 saturated heterocycles. The molecule has 0 saturated carbocycles. The number of ether oxygens (including phenoxy) is 3. The molecule has 0 aliphatic carbocycles. The van der Waals surface area contributed by atoms with Gasteiger partial charge in [0.2, 0.25) is 0 Å². The number of benzene rings is 2.